The van der Waals surface area contributed by atoms with Gasteiger partial charge in [-0.1, -0.05) is 23.8 Å². The fraction of sp³-hybridized carbons (Fsp3) is 0.250. The number of hydrogen-bond acceptors (Lipinski definition) is 5. The summed E-state index contributed by atoms with van der Waals surface area (Å²) >= 11 is 1.71. The van der Waals surface area contributed by atoms with Gasteiger partial charge in [0.15, 0.2) is 5.78 Å². The second kappa shape index (κ2) is 6.41. The molecule has 1 atom stereocenters. The van der Waals surface area contributed by atoms with Crippen molar-refractivity contribution in [1.82, 2.24) is 9.97 Å². The highest BCUT2D eigenvalue weighted by atomic mass is 32.1. The lowest BCUT2D eigenvalue weighted by atomic mass is 9.84. The van der Waals surface area contributed by atoms with Crippen LogP contribution in [-0.2, 0) is 6.42 Å². The number of ketones is 1. The van der Waals surface area contributed by atoms with Gasteiger partial charge in [0.1, 0.15) is 0 Å². The van der Waals surface area contributed by atoms with Gasteiger partial charge in [0.2, 0.25) is 5.95 Å². The Morgan fingerprint density at radius 2 is 1.88 bits per heavy atom. The molecule has 3 aromatic rings. The number of fused-ring (bicyclic) bond motifs is 1. The first kappa shape index (κ1) is 16.0. The van der Waals surface area contributed by atoms with Gasteiger partial charge in [-0.25, -0.2) is 9.97 Å². The lowest BCUT2D eigenvalue weighted by molar-refractivity contribution is 0.0962. The van der Waals surface area contributed by atoms with Gasteiger partial charge in [0.05, 0.1) is 17.0 Å². The predicted molar refractivity (Wildman–Crippen MR) is 101 cm³/mol. The van der Waals surface area contributed by atoms with Crippen molar-refractivity contribution in [2.45, 2.75) is 32.6 Å². The number of benzene rings is 1. The third-order valence-corrected chi connectivity index (χ3v) is 5.60. The second-order valence-electron chi connectivity index (χ2n) is 6.49. The van der Waals surface area contributed by atoms with Crippen LogP contribution in [0.2, 0.25) is 0 Å². The van der Waals surface area contributed by atoms with Gasteiger partial charge in [-0.15, -0.1) is 11.3 Å². The van der Waals surface area contributed by atoms with Crippen molar-refractivity contribution in [3.05, 3.63) is 69.2 Å². The van der Waals surface area contributed by atoms with Gasteiger partial charge in [-0.05, 0) is 43.8 Å². The van der Waals surface area contributed by atoms with Crippen molar-refractivity contribution in [2.75, 3.05) is 5.32 Å². The standard InChI is InChI=1S/C20H19N3OS/c1-12-5-7-15(8-6-12)22-20-21-13(2)19-16(23-20)10-14(11-17(19)24)18-4-3-9-25-18/h3-9,14H,10-11H2,1-2H3,(H,21,22,23)/t14-/m1/s1. The van der Waals surface area contributed by atoms with Crippen molar-refractivity contribution < 1.29 is 4.79 Å². The van der Waals surface area contributed by atoms with Crippen molar-refractivity contribution >= 4 is 28.8 Å². The summed E-state index contributed by atoms with van der Waals surface area (Å²) in [5.74, 6) is 0.931. The molecule has 0 fully saturated rings. The molecule has 1 aliphatic carbocycles. The number of nitrogens with one attached hydrogen (secondary N) is 1. The van der Waals surface area contributed by atoms with E-state index in [9.17, 15) is 4.79 Å². The number of aromatic nitrogens is 2. The first-order valence-corrected chi connectivity index (χ1v) is 9.26. The highest BCUT2D eigenvalue weighted by molar-refractivity contribution is 7.10. The molecule has 0 bridgehead atoms. The van der Waals surface area contributed by atoms with E-state index in [1.807, 2.05) is 37.3 Å². The molecule has 1 aliphatic rings. The summed E-state index contributed by atoms with van der Waals surface area (Å²) in [6.07, 6.45) is 1.33. The number of rotatable bonds is 3. The van der Waals surface area contributed by atoms with Crippen LogP contribution in [0.5, 0.6) is 0 Å². The van der Waals surface area contributed by atoms with Gasteiger partial charge in [-0.3, -0.25) is 4.79 Å². The Labute approximate surface area is 151 Å². The SMILES string of the molecule is Cc1ccc(Nc2nc(C)c3c(n2)C[C@@H](c2cccs2)CC3=O)cc1. The molecule has 126 valence electrons. The predicted octanol–water partition coefficient (Wildman–Crippen LogP) is 4.81. The van der Waals surface area contributed by atoms with Gasteiger partial charge in [-0.2, -0.15) is 0 Å². The van der Waals surface area contributed by atoms with E-state index < -0.39 is 0 Å². The zero-order valence-electron chi connectivity index (χ0n) is 14.2. The highest BCUT2D eigenvalue weighted by Crippen LogP contribution is 2.35. The normalized spacial score (nSPS) is 16.6. The Bertz CT molecular complexity index is 917. The topological polar surface area (TPSA) is 54.9 Å². The molecule has 0 unspecified atom stereocenters. The monoisotopic (exact) mass is 349 g/mol. The Hall–Kier alpha value is -2.53. The molecular weight excluding hydrogens is 330 g/mol. The van der Waals surface area contributed by atoms with Crippen LogP contribution in [0.1, 0.15) is 44.5 Å². The van der Waals surface area contributed by atoms with E-state index >= 15 is 0 Å². The number of Topliss-reactive ketones (excluding diaryl/α,β-unsaturated/α-hetero) is 1. The van der Waals surface area contributed by atoms with Crippen LogP contribution in [0.15, 0.2) is 41.8 Å². The molecule has 2 heterocycles. The first-order chi connectivity index (χ1) is 12.1. The van der Waals surface area contributed by atoms with E-state index in [0.717, 1.165) is 23.5 Å². The average molecular weight is 349 g/mol. The van der Waals surface area contributed by atoms with E-state index in [1.165, 1.54) is 10.4 Å². The van der Waals surface area contributed by atoms with E-state index in [4.69, 9.17) is 0 Å². The molecule has 1 aromatic carbocycles. The average Bonchev–Trinajstić information content (AvgIpc) is 3.11. The Morgan fingerprint density at radius 3 is 2.60 bits per heavy atom. The van der Waals surface area contributed by atoms with Crippen LogP contribution in [-0.4, -0.2) is 15.8 Å². The van der Waals surface area contributed by atoms with Crippen LogP contribution in [0.25, 0.3) is 0 Å². The molecule has 25 heavy (non-hydrogen) atoms. The van der Waals surface area contributed by atoms with Crippen LogP contribution in [0.3, 0.4) is 0 Å². The maximum Gasteiger partial charge on any atom is 0.227 e. The van der Waals surface area contributed by atoms with E-state index in [0.29, 0.717) is 17.9 Å². The summed E-state index contributed by atoms with van der Waals surface area (Å²) in [6, 6.07) is 12.2. The molecule has 0 radical (unpaired) electrons. The summed E-state index contributed by atoms with van der Waals surface area (Å²) in [6.45, 7) is 3.95. The molecule has 0 spiro atoms. The Balaban J connectivity index is 1.66. The molecule has 4 rings (SSSR count). The summed E-state index contributed by atoms with van der Waals surface area (Å²) in [4.78, 5) is 23.0. The number of carbonyl (C=O) groups excluding carboxylic acids is 1. The number of aryl methyl sites for hydroxylation is 2. The van der Waals surface area contributed by atoms with E-state index in [2.05, 4.69) is 33.7 Å². The molecule has 2 aromatic heterocycles. The third kappa shape index (κ3) is 3.20. The van der Waals surface area contributed by atoms with Crippen molar-refractivity contribution in [3.8, 4) is 0 Å². The minimum absolute atomic E-state index is 0.152. The van der Waals surface area contributed by atoms with Crippen LogP contribution >= 0.6 is 11.3 Å². The molecule has 0 aliphatic heterocycles. The largest absolute Gasteiger partial charge is 0.324 e. The van der Waals surface area contributed by atoms with Crippen LogP contribution in [0.4, 0.5) is 11.6 Å². The molecule has 0 saturated heterocycles. The summed E-state index contributed by atoms with van der Waals surface area (Å²) < 4.78 is 0. The van der Waals surface area contributed by atoms with Gasteiger partial charge < -0.3 is 5.32 Å². The van der Waals surface area contributed by atoms with Crippen molar-refractivity contribution in [3.63, 3.8) is 0 Å². The first-order valence-electron chi connectivity index (χ1n) is 8.38. The highest BCUT2D eigenvalue weighted by Gasteiger charge is 2.30. The van der Waals surface area contributed by atoms with Crippen molar-refractivity contribution in [2.24, 2.45) is 0 Å². The number of anilines is 2. The zero-order valence-corrected chi connectivity index (χ0v) is 15.1. The molecule has 5 heteroatoms. The third-order valence-electron chi connectivity index (χ3n) is 4.57. The lowest BCUT2D eigenvalue weighted by Gasteiger charge is -2.23. The second-order valence-corrected chi connectivity index (χ2v) is 7.47. The smallest absolute Gasteiger partial charge is 0.227 e. The molecule has 4 nitrogen and oxygen atoms in total. The van der Waals surface area contributed by atoms with Crippen LogP contribution in [0, 0.1) is 13.8 Å². The van der Waals surface area contributed by atoms with E-state index in [-0.39, 0.29) is 11.7 Å². The van der Waals surface area contributed by atoms with Crippen molar-refractivity contribution in [1.29, 1.82) is 0 Å². The number of hydrogen-bond donors (Lipinski definition) is 1. The quantitative estimate of drug-likeness (QED) is 0.737. The Kier molecular flexibility index (Phi) is 4.09. The fourth-order valence-corrected chi connectivity index (χ4v) is 4.15. The van der Waals surface area contributed by atoms with Gasteiger partial charge >= 0.3 is 0 Å². The number of carbonyl (C=O) groups is 1. The number of nitrogens with zero attached hydrogens (tertiary/aromatic N) is 2. The van der Waals surface area contributed by atoms with Gasteiger partial charge in [0, 0.05) is 22.9 Å². The number of thiophene rings is 1. The molecule has 1 N–H and O–H groups in total. The zero-order chi connectivity index (χ0) is 17.4. The maximum absolute atomic E-state index is 12.6. The lowest BCUT2D eigenvalue weighted by Crippen LogP contribution is -2.22. The summed E-state index contributed by atoms with van der Waals surface area (Å²) in [7, 11) is 0. The van der Waals surface area contributed by atoms with Crippen LogP contribution < -0.4 is 5.32 Å². The maximum atomic E-state index is 12.6. The molecular formula is C20H19N3OS. The molecule has 0 saturated carbocycles. The Morgan fingerprint density at radius 1 is 1.08 bits per heavy atom. The minimum Gasteiger partial charge on any atom is -0.324 e. The summed E-state index contributed by atoms with van der Waals surface area (Å²) in [5.41, 5.74) is 4.48. The van der Waals surface area contributed by atoms with E-state index in [1.54, 1.807) is 11.3 Å². The fourth-order valence-electron chi connectivity index (χ4n) is 3.32. The molecule has 0 amide bonds. The minimum atomic E-state index is 0.152. The van der Waals surface area contributed by atoms with Gasteiger partial charge in [0.25, 0.3) is 0 Å². The summed E-state index contributed by atoms with van der Waals surface area (Å²) in [5, 5.41) is 5.32.